The van der Waals surface area contributed by atoms with Crippen molar-refractivity contribution in [3.8, 4) is 0 Å². The van der Waals surface area contributed by atoms with Crippen molar-refractivity contribution in [2.45, 2.75) is 12.8 Å². The van der Waals surface area contributed by atoms with Crippen LogP contribution in [0.1, 0.15) is 23.2 Å². The standard InChI is InChI=1S/C12H19ClN4O/c1-17(2)6-4-3-5-15-12(18)9-7-11(13)16-8-10(9)14/h7-8H,3-6,14H2,1-2H3,(H,15,18). The first-order valence-corrected chi connectivity index (χ1v) is 6.22. The number of hydrogen-bond acceptors (Lipinski definition) is 4. The van der Waals surface area contributed by atoms with E-state index in [-0.39, 0.29) is 11.1 Å². The predicted molar refractivity (Wildman–Crippen MR) is 73.8 cm³/mol. The SMILES string of the molecule is CN(C)CCCCNC(=O)c1cc(Cl)ncc1N. The normalized spacial score (nSPS) is 10.7. The third-order valence-electron chi connectivity index (χ3n) is 2.46. The molecule has 0 saturated carbocycles. The maximum Gasteiger partial charge on any atom is 0.253 e. The van der Waals surface area contributed by atoms with Crippen LogP contribution in [0.5, 0.6) is 0 Å². The second kappa shape index (κ2) is 7.18. The predicted octanol–water partition coefficient (Wildman–Crippen LogP) is 1.39. The molecule has 1 aromatic heterocycles. The summed E-state index contributed by atoms with van der Waals surface area (Å²) in [7, 11) is 4.05. The first-order valence-electron chi connectivity index (χ1n) is 5.84. The van der Waals surface area contributed by atoms with Crippen LogP contribution in [0.3, 0.4) is 0 Å². The largest absolute Gasteiger partial charge is 0.397 e. The van der Waals surface area contributed by atoms with Crippen LogP contribution in [0.2, 0.25) is 5.15 Å². The van der Waals surface area contributed by atoms with Crippen molar-refractivity contribution < 1.29 is 4.79 Å². The number of rotatable bonds is 6. The molecule has 0 aliphatic rings. The molecule has 0 aliphatic heterocycles. The number of carbonyl (C=O) groups excluding carboxylic acids is 1. The van der Waals surface area contributed by atoms with Crippen molar-refractivity contribution in [1.29, 1.82) is 0 Å². The van der Waals surface area contributed by atoms with Gasteiger partial charge in [0.1, 0.15) is 5.15 Å². The van der Waals surface area contributed by atoms with Crippen molar-refractivity contribution in [3.63, 3.8) is 0 Å². The van der Waals surface area contributed by atoms with Gasteiger partial charge in [-0.1, -0.05) is 11.6 Å². The molecule has 1 rings (SSSR count). The minimum atomic E-state index is -0.207. The molecule has 5 nitrogen and oxygen atoms in total. The van der Waals surface area contributed by atoms with Crippen LogP contribution in [0.15, 0.2) is 12.3 Å². The van der Waals surface area contributed by atoms with E-state index in [1.165, 1.54) is 12.3 Å². The topological polar surface area (TPSA) is 71.2 Å². The van der Waals surface area contributed by atoms with E-state index >= 15 is 0 Å². The molecule has 0 aliphatic carbocycles. The molecule has 0 unspecified atom stereocenters. The van der Waals surface area contributed by atoms with Gasteiger partial charge in [0.2, 0.25) is 0 Å². The van der Waals surface area contributed by atoms with E-state index < -0.39 is 0 Å². The first-order chi connectivity index (χ1) is 8.50. The third-order valence-corrected chi connectivity index (χ3v) is 2.67. The monoisotopic (exact) mass is 270 g/mol. The minimum Gasteiger partial charge on any atom is -0.397 e. The molecule has 100 valence electrons. The Hall–Kier alpha value is -1.33. The smallest absolute Gasteiger partial charge is 0.253 e. The van der Waals surface area contributed by atoms with Gasteiger partial charge < -0.3 is 16.0 Å². The number of nitrogens with zero attached hydrogens (tertiary/aromatic N) is 2. The van der Waals surface area contributed by atoms with E-state index in [1.807, 2.05) is 14.1 Å². The number of pyridine rings is 1. The van der Waals surface area contributed by atoms with E-state index in [0.717, 1.165) is 19.4 Å². The lowest BCUT2D eigenvalue weighted by Crippen LogP contribution is -2.26. The highest BCUT2D eigenvalue weighted by molar-refractivity contribution is 6.29. The van der Waals surface area contributed by atoms with Gasteiger partial charge in [0, 0.05) is 6.54 Å². The van der Waals surface area contributed by atoms with Gasteiger partial charge in [0.05, 0.1) is 17.4 Å². The number of anilines is 1. The number of nitrogens with one attached hydrogen (secondary N) is 1. The zero-order valence-corrected chi connectivity index (χ0v) is 11.5. The quantitative estimate of drug-likeness (QED) is 0.605. The Kier molecular flexibility index (Phi) is 5.88. The Morgan fingerprint density at radius 1 is 1.50 bits per heavy atom. The molecule has 0 radical (unpaired) electrons. The summed E-state index contributed by atoms with van der Waals surface area (Å²) in [5, 5.41) is 3.08. The second-order valence-corrected chi connectivity index (χ2v) is 4.75. The fraction of sp³-hybridized carbons (Fsp3) is 0.500. The van der Waals surface area contributed by atoms with Gasteiger partial charge in [0.25, 0.3) is 5.91 Å². The molecular formula is C12H19ClN4O. The fourth-order valence-corrected chi connectivity index (χ4v) is 1.65. The average molecular weight is 271 g/mol. The summed E-state index contributed by atoms with van der Waals surface area (Å²) in [6.45, 7) is 1.64. The molecule has 0 atom stereocenters. The van der Waals surface area contributed by atoms with Crippen molar-refractivity contribution in [2.24, 2.45) is 0 Å². The molecule has 1 heterocycles. The Bertz CT molecular complexity index is 409. The van der Waals surface area contributed by atoms with Crippen molar-refractivity contribution >= 4 is 23.2 Å². The van der Waals surface area contributed by atoms with E-state index in [2.05, 4.69) is 15.2 Å². The van der Waals surface area contributed by atoms with Crippen LogP contribution in [-0.2, 0) is 0 Å². The molecule has 1 amide bonds. The number of unbranched alkanes of at least 4 members (excludes halogenated alkanes) is 1. The molecule has 0 spiro atoms. The third kappa shape index (κ3) is 4.89. The molecule has 18 heavy (non-hydrogen) atoms. The van der Waals surface area contributed by atoms with Gasteiger partial charge in [-0.05, 0) is 39.5 Å². The zero-order chi connectivity index (χ0) is 13.5. The van der Waals surface area contributed by atoms with Crippen LogP contribution in [0.4, 0.5) is 5.69 Å². The van der Waals surface area contributed by atoms with Crippen LogP contribution in [-0.4, -0.2) is 43.0 Å². The molecule has 0 fully saturated rings. The number of hydrogen-bond donors (Lipinski definition) is 2. The Morgan fingerprint density at radius 2 is 2.22 bits per heavy atom. The van der Waals surface area contributed by atoms with Crippen LogP contribution in [0.25, 0.3) is 0 Å². The summed E-state index contributed by atoms with van der Waals surface area (Å²) in [6, 6.07) is 1.48. The lowest BCUT2D eigenvalue weighted by molar-refractivity contribution is 0.0953. The molecule has 1 aromatic rings. The van der Waals surface area contributed by atoms with E-state index in [4.69, 9.17) is 17.3 Å². The summed E-state index contributed by atoms with van der Waals surface area (Å²) in [5.41, 5.74) is 6.39. The maximum absolute atomic E-state index is 11.8. The van der Waals surface area contributed by atoms with Gasteiger partial charge >= 0.3 is 0 Å². The molecular weight excluding hydrogens is 252 g/mol. The number of nitrogen functional groups attached to an aromatic ring is 1. The number of nitrogens with two attached hydrogens (primary N) is 1. The van der Waals surface area contributed by atoms with Crippen LogP contribution in [0, 0.1) is 0 Å². The highest BCUT2D eigenvalue weighted by Gasteiger charge is 2.10. The van der Waals surface area contributed by atoms with Gasteiger partial charge in [-0.15, -0.1) is 0 Å². The highest BCUT2D eigenvalue weighted by atomic mass is 35.5. The number of halogens is 1. The summed E-state index contributed by atoms with van der Waals surface area (Å²) in [4.78, 5) is 17.7. The Labute approximate surface area is 112 Å². The van der Waals surface area contributed by atoms with Crippen molar-refractivity contribution in [2.75, 3.05) is 32.9 Å². The summed E-state index contributed by atoms with van der Waals surface area (Å²) < 4.78 is 0. The van der Waals surface area contributed by atoms with Gasteiger partial charge in [0.15, 0.2) is 0 Å². The molecule has 3 N–H and O–H groups in total. The van der Waals surface area contributed by atoms with E-state index in [9.17, 15) is 4.79 Å². The van der Waals surface area contributed by atoms with E-state index in [1.54, 1.807) is 0 Å². The Morgan fingerprint density at radius 3 is 2.89 bits per heavy atom. The minimum absolute atomic E-state index is 0.207. The number of carbonyl (C=O) groups is 1. The van der Waals surface area contributed by atoms with Crippen molar-refractivity contribution in [3.05, 3.63) is 23.0 Å². The van der Waals surface area contributed by atoms with Crippen LogP contribution < -0.4 is 11.1 Å². The zero-order valence-electron chi connectivity index (χ0n) is 10.7. The number of amides is 1. The molecule has 0 saturated heterocycles. The fourth-order valence-electron chi connectivity index (χ4n) is 1.49. The molecule has 0 aromatic carbocycles. The summed E-state index contributed by atoms with van der Waals surface area (Å²) >= 11 is 5.73. The van der Waals surface area contributed by atoms with E-state index in [0.29, 0.717) is 17.8 Å². The number of aromatic nitrogens is 1. The maximum atomic E-state index is 11.8. The Balaban J connectivity index is 2.39. The summed E-state index contributed by atoms with van der Waals surface area (Å²) in [6.07, 6.45) is 3.37. The molecule has 0 bridgehead atoms. The summed E-state index contributed by atoms with van der Waals surface area (Å²) in [5.74, 6) is -0.207. The van der Waals surface area contributed by atoms with Crippen LogP contribution >= 0.6 is 11.6 Å². The van der Waals surface area contributed by atoms with Crippen molar-refractivity contribution in [1.82, 2.24) is 15.2 Å². The second-order valence-electron chi connectivity index (χ2n) is 4.36. The lowest BCUT2D eigenvalue weighted by atomic mass is 10.2. The first kappa shape index (κ1) is 14.7. The van der Waals surface area contributed by atoms with Gasteiger partial charge in [-0.25, -0.2) is 4.98 Å². The average Bonchev–Trinajstić information content (AvgIpc) is 2.31. The van der Waals surface area contributed by atoms with Gasteiger partial charge in [-0.2, -0.15) is 0 Å². The molecule has 6 heteroatoms. The lowest BCUT2D eigenvalue weighted by Gasteiger charge is -2.10. The highest BCUT2D eigenvalue weighted by Crippen LogP contribution is 2.14. The van der Waals surface area contributed by atoms with Gasteiger partial charge in [-0.3, -0.25) is 4.79 Å².